The average Bonchev–Trinajstić information content (AvgIpc) is 2.31. The summed E-state index contributed by atoms with van der Waals surface area (Å²) in [6.45, 7) is 2.47. The quantitative estimate of drug-likeness (QED) is 0.460. The first-order chi connectivity index (χ1) is 7.91. The maximum absolute atomic E-state index is 8.61. The molecule has 0 saturated heterocycles. The molecule has 1 heteroatoms. The molecule has 1 N–H and O–H groups in total. The summed E-state index contributed by atoms with van der Waals surface area (Å²) in [4.78, 5) is 0. The van der Waals surface area contributed by atoms with Crippen molar-refractivity contribution in [1.82, 2.24) is 0 Å². The summed E-state index contributed by atoms with van der Waals surface area (Å²) in [5, 5.41) is 8.61. The highest BCUT2D eigenvalue weighted by molar-refractivity contribution is 5.14. The maximum atomic E-state index is 8.61. The van der Waals surface area contributed by atoms with Crippen molar-refractivity contribution in [2.45, 2.75) is 64.7 Å². The van der Waals surface area contributed by atoms with Gasteiger partial charge in [-0.2, -0.15) is 0 Å². The second kappa shape index (κ2) is 14.3. The Bertz CT molecular complexity index is 207. The van der Waals surface area contributed by atoms with Gasteiger partial charge in [-0.3, -0.25) is 0 Å². The van der Waals surface area contributed by atoms with E-state index in [9.17, 15) is 0 Å². The third kappa shape index (κ3) is 13.3. The van der Waals surface area contributed by atoms with Gasteiger partial charge in [-0.15, -0.1) is 0 Å². The Hall–Kier alpha value is -0.740. The number of hydrogen-bond acceptors (Lipinski definition) is 1. The van der Waals surface area contributed by atoms with E-state index in [-0.39, 0.29) is 0 Å². The molecule has 0 spiro atoms. The second-order valence-corrected chi connectivity index (χ2v) is 4.08. The monoisotopic (exact) mass is 222 g/mol. The fourth-order valence-electron chi connectivity index (χ4n) is 1.52. The van der Waals surface area contributed by atoms with Crippen LogP contribution in [0, 0.1) is 11.8 Å². The van der Waals surface area contributed by atoms with E-state index in [4.69, 9.17) is 5.11 Å². The van der Waals surface area contributed by atoms with Crippen LogP contribution in [0.2, 0.25) is 0 Å². The van der Waals surface area contributed by atoms with Gasteiger partial charge >= 0.3 is 0 Å². The van der Waals surface area contributed by atoms with Crippen LogP contribution in [0.25, 0.3) is 0 Å². The Morgan fingerprint density at radius 3 is 2.19 bits per heavy atom. The molecule has 0 atom stereocenters. The van der Waals surface area contributed by atoms with Crippen molar-refractivity contribution in [3.63, 3.8) is 0 Å². The lowest BCUT2D eigenvalue weighted by Gasteiger charge is -1.98. The Labute approximate surface area is 101 Å². The highest BCUT2D eigenvalue weighted by atomic mass is 16.2. The molecule has 0 amide bonds. The predicted molar refractivity (Wildman–Crippen MR) is 71.2 cm³/mol. The molecular weight excluding hydrogens is 196 g/mol. The zero-order valence-corrected chi connectivity index (χ0v) is 10.7. The zero-order chi connectivity index (χ0) is 11.9. The van der Waals surface area contributed by atoms with Crippen molar-refractivity contribution in [3.8, 4) is 11.8 Å². The summed E-state index contributed by atoms with van der Waals surface area (Å²) in [7, 11) is 0. The van der Waals surface area contributed by atoms with Crippen molar-refractivity contribution >= 4 is 0 Å². The molecule has 92 valence electrons. The van der Waals surface area contributed by atoms with E-state index in [2.05, 4.69) is 24.8 Å². The Morgan fingerprint density at radius 1 is 0.938 bits per heavy atom. The van der Waals surface area contributed by atoms with Gasteiger partial charge in [-0.25, -0.2) is 0 Å². The molecule has 1 nitrogen and oxygen atoms in total. The van der Waals surface area contributed by atoms with E-state index in [1.54, 1.807) is 0 Å². The molecule has 0 unspecified atom stereocenters. The van der Waals surface area contributed by atoms with Gasteiger partial charge in [0, 0.05) is 13.0 Å². The number of hydrogen-bond donors (Lipinski definition) is 1. The first-order valence-electron chi connectivity index (χ1n) is 6.66. The minimum atomic E-state index is 0.348. The van der Waals surface area contributed by atoms with Crippen LogP contribution in [-0.4, -0.2) is 11.7 Å². The van der Waals surface area contributed by atoms with Crippen molar-refractivity contribution < 1.29 is 5.11 Å². The molecule has 0 aliphatic heterocycles. The number of aliphatic hydroxyl groups excluding tert-OH is 1. The average molecular weight is 222 g/mol. The van der Waals surface area contributed by atoms with Crippen molar-refractivity contribution in [1.29, 1.82) is 0 Å². The second-order valence-electron chi connectivity index (χ2n) is 4.08. The molecule has 0 radical (unpaired) electrons. The van der Waals surface area contributed by atoms with E-state index in [0.29, 0.717) is 6.61 Å². The number of allylic oxidation sites excluding steroid dienone is 2. The van der Waals surface area contributed by atoms with E-state index in [0.717, 1.165) is 19.3 Å². The van der Waals surface area contributed by atoms with Gasteiger partial charge in [0.05, 0.1) is 0 Å². The van der Waals surface area contributed by atoms with E-state index >= 15 is 0 Å². The lowest BCUT2D eigenvalue weighted by Crippen LogP contribution is -1.83. The van der Waals surface area contributed by atoms with E-state index in [1.165, 1.54) is 38.5 Å². The molecule has 0 heterocycles. The lowest BCUT2D eigenvalue weighted by atomic mass is 10.1. The zero-order valence-electron chi connectivity index (χ0n) is 10.7. The molecule has 0 aromatic carbocycles. The predicted octanol–water partition coefficient (Wildman–Crippen LogP) is 4.07. The minimum absolute atomic E-state index is 0.348. The summed E-state index contributed by atoms with van der Waals surface area (Å²) >= 11 is 0. The van der Waals surface area contributed by atoms with Crippen LogP contribution in [0.15, 0.2) is 12.2 Å². The molecule has 0 rings (SSSR count). The first-order valence-corrected chi connectivity index (χ1v) is 6.66. The van der Waals surface area contributed by atoms with Crippen molar-refractivity contribution in [3.05, 3.63) is 12.2 Å². The molecule has 0 saturated carbocycles. The minimum Gasteiger partial charge on any atom is -0.396 e. The summed E-state index contributed by atoms with van der Waals surface area (Å²) in [6, 6.07) is 0. The van der Waals surface area contributed by atoms with E-state index in [1.807, 2.05) is 6.08 Å². The van der Waals surface area contributed by atoms with Gasteiger partial charge in [0.25, 0.3) is 0 Å². The van der Waals surface area contributed by atoms with Gasteiger partial charge in [-0.1, -0.05) is 56.9 Å². The van der Waals surface area contributed by atoms with Crippen LogP contribution in [0.4, 0.5) is 0 Å². The largest absolute Gasteiger partial charge is 0.396 e. The smallest absolute Gasteiger partial charge is 0.0431 e. The topological polar surface area (TPSA) is 20.2 Å². The van der Waals surface area contributed by atoms with Crippen molar-refractivity contribution in [2.24, 2.45) is 0 Å². The number of unbranched alkanes of at least 4 members (excludes halogenated alkanes) is 7. The highest BCUT2D eigenvalue weighted by Gasteiger charge is 1.90. The maximum Gasteiger partial charge on any atom is 0.0431 e. The Kier molecular flexibility index (Phi) is 13.6. The summed E-state index contributed by atoms with van der Waals surface area (Å²) in [5.41, 5.74) is 0. The van der Waals surface area contributed by atoms with E-state index < -0.39 is 0 Å². The Balaban J connectivity index is 3.08. The normalized spacial score (nSPS) is 10.4. The number of rotatable bonds is 9. The SMILES string of the molecule is CCC=CC#CCCCCCCCCCO. The van der Waals surface area contributed by atoms with Crippen LogP contribution in [-0.2, 0) is 0 Å². The molecule has 0 aromatic heterocycles. The third-order valence-electron chi connectivity index (χ3n) is 2.50. The molecular formula is C15H26O. The van der Waals surface area contributed by atoms with Crippen LogP contribution >= 0.6 is 0 Å². The van der Waals surface area contributed by atoms with Crippen LogP contribution in [0.1, 0.15) is 64.7 Å². The fraction of sp³-hybridized carbons (Fsp3) is 0.733. The molecule has 0 fully saturated rings. The van der Waals surface area contributed by atoms with Crippen LogP contribution in [0.3, 0.4) is 0 Å². The Morgan fingerprint density at radius 2 is 1.56 bits per heavy atom. The molecule has 0 aromatic rings. The van der Waals surface area contributed by atoms with Crippen LogP contribution < -0.4 is 0 Å². The first kappa shape index (κ1) is 15.3. The van der Waals surface area contributed by atoms with Gasteiger partial charge in [-0.05, 0) is 25.3 Å². The molecule has 0 aliphatic carbocycles. The van der Waals surface area contributed by atoms with Gasteiger partial charge < -0.3 is 5.11 Å². The van der Waals surface area contributed by atoms with Crippen molar-refractivity contribution in [2.75, 3.05) is 6.61 Å². The standard InChI is InChI=1S/C15H26O/c1-2-3-4-5-6-7-8-9-10-11-12-13-14-15-16/h3-4,16H,2,7-15H2,1H3. The molecule has 0 bridgehead atoms. The summed E-state index contributed by atoms with van der Waals surface area (Å²) in [5.74, 6) is 6.21. The van der Waals surface area contributed by atoms with Gasteiger partial charge in [0.1, 0.15) is 0 Å². The van der Waals surface area contributed by atoms with Crippen LogP contribution in [0.5, 0.6) is 0 Å². The fourth-order valence-corrected chi connectivity index (χ4v) is 1.52. The lowest BCUT2D eigenvalue weighted by molar-refractivity contribution is 0.282. The molecule has 16 heavy (non-hydrogen) atoms. The van der Waals surface area contributed by atoms with Gasteiger partial charge in [0.2, 0.25) is 0 Å². The highest BCUT2D eigenvalue weighted by Crippen LogP contribution is 2.07. The molecule has 0 aliphatic rings. The third-order valence-corrected chi connectivity index (χ3v) is 2.50. The number of aliphatic hydroxyl groups is 1. The summed E-state index contributed by atoms with van der Waals surface area (Å²) < 4.78 is 0. The summed E-state index contributed by atoms with van der Waals surface area (Å²) in [6.07, 6.45) is 14.7. The van der Waals surface area contributed by atoms with Gasteiger partial charge in [0.15, 0.2) is 0 Å².